The van der Waals surface area contributed by atoms with Crippen molar-refractivity contribution in [2.45, 2.75) is 58.2 Å². The Morgan fingerprint density at radius 1 is 1.19 bits per heavy atom. The smallest absolute Gasteiger partial charge is 0.202 e. The molecule has 26 heavy (non-hydrogen) atoms. The first-order chi connectivity index (χ1) is 12.2. The summed E-state index contributed by atoms with van der Waals surface area (Å²) in [4.78, 5) is 13.3. The summed E-state index contributed by atoms with van der Waals surface area (Å²) in [6, 6.07) is 0. The van der Waals surface area contributed by atoms with Gasteiger partial charge in [-0.3, -0.25) is 4.79 Å². The van der Waals surface area contributed by atoms with E-state index in [2.05, 4.69) is 0 Å². The molecule has 0 unspecified atom stereocenters. The standard InChI is InChI=1S/C19H22O7/c1-7-8(2)15(23-5)18-11(13(7)21)14(22)12-16(24-18)9(20)6-10-17(12)26-19(3,4)25-10/h9-10,17,20-21H,6H2,1-5H3/t9-,10-,17-/m0/s1. The molecule has 4 rings (SSSR count). The van der Waals surface area contributed by atoms with Crippen LogP contribution in [0.25, 0.3) is 11.0 Å². The highest BCUT2D eigenvalue weighted by Gasteiger charge is 2.49. The molecule has 0 bridgehead atoms. The largest absolute Gasteiger partial charge is 0.507 e. The van der Waals surface area contributed by atoms with Crippen LogP contribution in [0.15, 0.2) is 9.21 Å². The van der Waals surface area contributed by atoms with E-state index in [1.165, 1.54) is 7.11 Å². The van der Waals surface area contributed by atoms with Gasteiger partial charge in [-0.25, -0.2) is 0 Å². The van der Waals surface area contributed by atoms with Crippen molar-refractivity contribution in [3.05, 3.63) is 32.7 Å². The highest BCUT2D eigenvalue weighted by Crippen LogP contribution is 2.48. The fourth-order valence-corrected chi connectivity index (χ4v) is 3.99. The second-order valence-corrected chi connectivity index (χ2v) is 7.39. The Bertz CT molecular complexity index is 972. The van der Waals surface area contributed by atoms with E-state index in [0.717, 1.165) is 0 Å². The van der Waals surface area contributed by atoms with Gasteiger partial charge >= 0.3 is 0 Å². The van der Waals surface area contributed by atoms with E-state index in [1.807, 2.05) is 0 Å². The van der Waals surface area contributed by atoms with Gasteiger partial charge in [-0.15, -0.1) is 0 Å². The van der Waals surface area contributed by atoms with Crippen LogP contribution in [-0.2, 0) is 9.47 Å². The number of phenols is 1. The van der Waals surface area contributed by atoms with Crippen molar-refractivity contribution in [3.63, 3.8) is 0 Å². The summed E-state index contributed by atoms with van der Waals surface area (Å²) in [5.74, 6) is -0.509. The lowest BCUT2D eigenvalue weighted by molar-refractivity contribution is -0.147. The predicted molar refractivity (Wildman–Crippen MR) is 92.5 cm³/mol. The first-order valence-electron chi connectivity index (χ1n) is 8.56. The monoisotopic (exact) mass is 362 g/mol. The molecule has 1 aliphatic carbocycles. The van der Waals surface area contributed by atoms with Gasteiger partial charge in [-0.1, -0.05) is 0 Å². The number of aliphatic hydroxyl groups is 1. The van der Waals surface area contributed by atoms with Gasteiger partial charge in [-0.2, -0.15) is 0 Å². The van der Waals surface area contributed by atoms with Crippen molar-refractivity contribution in [1.29, 1.82) is 0 Å². The molecule has 1 aromatic carbocycles. The number of benzene rings is 1. The molecule has 2 N–H and O–H groups in total. The number of fused-ring (bicyclic) bond motifs is 4. The van der Waals surface area contributed by atoms with Crippen LogP contribution >= 0.6 is 0 Å². The molecule has 1 saturated heterocycles. The van der Waals surface area contributed by atoms with E-state index in [1.54, 1.807) is 27.7 Å². The third kappa shape index (κ3) is 2.21. The molecule has 0 saturated carbocycles. The minimum Gasteiger partial charge on any atom is -0.507 e. The Labute approximate surface area is 150 Å². The van der Waals surface area contributed by atoms with Crippen LogP contribution in [0.4, 0.5) is 0 Å². The summed E-state index contributed by atoms with van der Waals surface area (Å²) in [6.45, 7) is 7.00. The Hall–Kier alpha value is -2.09. The lowest BCUT2D eigenvalue weighted by atomic mass is 9.88. The second kappa shape index (κ2) is 5.45. The zero-order valence-corrected chi connectivity index (χ0v) is 15.4. The number of hydrogen-bond acceptors (Lipinski definition) is 7. The third-order valence-corrected chi connectivity index (χ3v) is 5.31. The lowest BCUT2D eigenvalue weighted by Gasteiger charge is -2.28. The average Bonchev–Trinajstić information content (AvgIpc) is 2.87. The molecule has 1 fully saturated rings. The van der Waals surface area contributed by atoms with Crippen LogP contribution in [-0.4, -0.2) is 29.2 Å². The maximum Gasteiger partial charge on any atom is 0.202 e. The summed E-state index contributed by atoms with van der Waals surface area (Å²) in [5, 5.41) is 21.2. The van der Waals surface area contributed by atoms with Gasteiger partial charge in [0.25, 0.3) is 0 Å². The van der Waals surface area contributed by atoms with Crippen LogP contribution in [0, 0.1) is 13.8 Å². The average molecular weight is 362 g/mol. The molecular formula is C19H22O7. The van der Waals surface area contributed by atoms with E-state index >= 15 is 0 Å². The van der Waals surface area contributed by atoms with Gasteiger partial charge in [0.1, 0.15) is 29.1 Å². The highest BCUT2D eigenvalue weighted by molar-refractivity contribution is 5.91. The highest BCUT2D eigenvalue weighted by atomic mass is 16.8. The quantitative estimate of drug-likeness (QED) is 0.805. The molecule has 0 radical (unpaired) electrons. The molecule has 2 heterocycles. The van der Waals surface area contributed by atoms with Gasteiger partial charge in [0, 0.05) is 12.0 Å². The minimum atomic E-state index is -1.01. The molecule has 140 valence electrons. The molecule has 7 heteroatoms. The summed E-state index contributed by atoms with van der Waals surface area (Å²) >= 11 is 0. The molecule has 1 aromatic heterocycles. The van der Waals surface area contributed by atoms with Gasteiger partial charge in [0.2, 0.25) is 5.43 Å². The second-order valence-electron chi connectivity index (χ2n) is 7.39. The van der Waals surface area contributed by atoms with E-state index in [0.29, 0.717) is 16.9 Å². The van der Waals surface area contributed by atoms with Gasteiger partial charge in [-0.05, 0) is 33.3 Å². The summed E-state index contributed by atoms with van der Waals surface area (Å²) in [5.41, 5.74) is 1.11. The molecule has 1 aliphatic heterocycles. The van der Waals surface area contributed by atoms with Crippen molar-refractivity contribution in [2.75, 3.05) is 7.11 Å². The van der Waals surface area contributed by atoms with E-state index in [9.17, 15) is 15.0 Å². The molecular weight excluding hydrogens is 340 g/mol. The maximum absolute atomic E-state index is 13.3. The van der Waals surface area contributed by atoms with Gasteiger partial charge in [0.15, 0.2) is 17.1 Å². The Morgan fingerprint density at radius 3 is 2.54 bits per heavy atom. The van der Waals surface area contributed by atoms with E-state index in [4.69, 9.17) is 18.6 Å². The number of aromatic hydroxyl groups is 1. The van der Waals surface area contributed by atoms with E-state index < -0.39 is 29.5 Å². The van der Waals surface area contributed by atoms with E-state index in [-0.39, 0.29) is 34.5 Å². The van der Waals surface area contributed by atoms with Crippen LogP contribution in [0.1, 0.15) is 54.9 Å². The summed E-state index contributed by atoms with van der Waals surface area (Å²) in [7, 11) is 1.47. The van der Waals surface area contributed by atoms with Gasteiger partial charge < -0.3 is 28.8 Å². The number of phenolic OH excluding ortho intramolecular Hbond substituents is 1. The van der Waals surface area contributed by atoms with Crippen LogP contribution in [0.3, 0.4) is 0 Å². The first kappa shape index (κ1) is 17.3. The first-order valence-corrected chi connectivity index (χ1v) is 8.56. The fraction of sp³-hybridized carbons (Fsp3) is 0.526. The van der Waals surface area contributed by atoms with Crippen molar-refractivity contribution < 1.29 is 28.8 Å². The fourth-order valence-electron chi connectivity index (χ4n) is 3.99. The maximum atomic E-state index is 13.3. The zero-order valence-electron chi connectivity index (χ0n) is 15.4. The molecule has 3 atom stereocenters. The molecule has 0 amide bonds. The Kier molecular flexibility index (Phi) is 3.63. The topological polar surface area (TPSA) is 98.4 Å². The van der Waals surface area contributed by atoms with Gasteiger partial charge in [0.05, 0.1) is 18.8 Å². The lowest BCUT2D eigenvalue weighted by Crippen LogP contribution is -2.31. The van der Waals surface area contributed by atoms with Crippen LogP contribution in [0.5, 0.6) is 11.5 Å². The number of hydrogen-bond donors (Lipinski definition) is 2. The normalized spacial score (nSPS) is 26.6. The number of aliphatic hydroxyl groups excluding tert-OH is 1. The molecule has 2 aliphatic rings. The van der Waals surface area contributed by atoms with Crippen molar-refractivity contribution in [1.82, 2.24) is 0 Å². The summed E-state index contributed by atoms with van der Waals surface area (Å²) in [6.07, 6.45) is -1.86. The Balaban J connectivity index is 2.09. The molecule has 7 nitrogen and oxygen atoms in total. The number of ether oxygens (including phenoxy) is 3. The van der Waals surface area contributed by atoms with Crippen LogP contribution < -0.4 is 10.2 Å². The molecule has 0 spiro atoms. The van der Waals surface area contributed by atoms with Crippen molar-refractivity contribution >= 4 is 11.0 Å². The third-order valence-electron chi connectivity index (χ3n) is 5.31. The van der Waals surface area contributed by atoms with Crippen molar-refractivity contribution in [3.8, 4) is 11.5 Å². The predicted octanol–water partition coefficient (Wildman–Crippen LogP) is 2.75. The minimum absolute atomic E-state index is 0.0323. The van der Waals surface area contributed by atoms with Crippen LogP contribution in [0.2, 0.25) is 0 Å². The SMILES string of the molecule is COc1c(C)c(C)c(O)c2c(=O)c3c(oc12)[C@@H](O)C[C@@H]1OC(C)(C)O[C@H]31. The Morgan fingerprint density at radius 2 is 1.88 bits per heavy atom. The number of rotatable bonds is 1. The molecule has 2 aromatic rings. The summed E-state index contributed by atoms with van der Waals surface area (Å²) < 4.78 is 23.1. The zero-order chi connectivity index (χ0) is 19.0. The number of methoxy groups -OCH3 is 1. The van der Waals surface area contributed by atoms with Crippen molar-refractivity contribution in [2.24, 2.45) is 0 Å².